The topological polar surface area (TPSA) is 43.8 Å². The summed E-state index contributed by atoms with van der Waals surface area (Å²) in [6, 6.07) is 0.551. The average Bonchev–Trinajstić information content (AvgIpc) is 2.78. The van der Waals surface area contributed by atoms with E-state index in [-0.39, 0.29) is 5.54 Å². The molecule has 0 aliphatic heterocycles. The van der Waals surface area contributed by atoms with Crippen LogP contribution in [0.25, 0.3) is 0 Å². The largest absolute Gasteiger partial charge is 0.330 e. The fourth-order valence-corrected chi connectivity index (χ4v) is 1.93. The Bertz CT molecular complexity index is 318. The molecule has 1 aromatic rings. The second-order valence-electron chi connectivity index (χ2n) is 4.99. The second-order valence-corrected chi connectivity index (χ2v) is 4.99. The Morgan fingerprint density at radius 1 is 1.57 bits per heavy atom. The van der Waals surface area contributed by atoms with Crippen molar-refractivity contribution in [2.24, 2.45) is 11.7 Å². The Balaban J connectivity index is 2.28. The van der Waals surface area contributed by atoms with Crippen molar-refractivity contribution in [3.8, 4) is 0 Å². The van der Waals surface area contributed by atoms with Gasteiger partial charge in [-0.1, -0.05) is 0 Å². The summed E-state index contributed by atoms with van der Waals surface area (Å²) in [6.07, 6.45) is 6.50. The molecule has 1 unspecified atom stereocenters. The summed E-state index contributed by atoms with van der Waals surface area (Å²) >= 11 is 0. The summed E-state index contributed by atoms with van der Waals surface area (Å²) in [6.45, 7) is 6.31. The fraction of sp³-hybridized carbons (Fsp3) is 0.727. The van der Waals surface area contributed by atoms with Gasteiger partial charge in [0, 0.05) is 12.2 Å². The van der Waals surface area contributed by atoms with Gasteiger partial charge in [-0.2, -0.15) is 0 Å². The van der Waals surface area contributed by atoms with Gasteiger partial charge in [0.25, 0.3) is 0 Å². The number of nitrogens with two attached hydrogens (primary N) is 1. The van der Waals surface area contributed by atoms with Crippen molar-refractivity contribution in [3.63, 3.8) is 0 Å². The van der Waals surface area contributed by atoms with Gasteiger partial charge in [-0.3, -0.25) is 0 Å². The van der Waals surface area contributed by atoms with Crippen molar-refractivity contribution in [1.82, 2.24) is 9.55 Å². The number of rotatable bonds is 3. The van der Waals surface area contributed by atoms with Crippen LogP contribution in [0.1, 0.15) is 45.3 Å². The molecule has 78 valence electrons. The minimum atomic E-state index is -0.292. The molecule has 1 aliphatic rings. The summed E-state index contributed by atoms with van der Waals surface area (Å²) in [4.78, 5) is 4.20. The Labute approximate surface area is 85.3 Å². The van der Waals surface area contributed by atoms with E-state index in [9.17, 15) is 0 Å². The van der Waals surface area contributed by atoms with E-state index in [1.54, 1.807) is 0 Å². The van der Waals surface area contributed by atoms with E-state index < -0.39 is 0 Å². The Morgan fingerprint density at radius 2 is 2.21 bits per heavy atom. The molecule has 3 nitrogen and oxygen atoms in total. The zero-order valence-electron chi connectivity index (χ0n) is 9.20. The number of hydrogen-bond acceptors (Lipinski definition) is 2. The monoisotopic (exact) mass is 193 g/mol. The van der Waals surface area contributed by atoms with Crippen LogP contribution in [0.15, 0.2) is 12.5 Å². The van der Waals surface area contributed by atoms with Crippen LogP contribution in [0, 0.1) is 5.92 Å². The molecular formula is C11H19N3. The van der Waals surface area contributed by atoms with Gasteiger partial charge in [-0.15, -0.1) is 0 Å². The lowest BCUT2D eigenvalue weighted by molar-refractivity contribution is 0.420. The van der Waals surface area contributed by atoms with Gasteiger partial charge in [0.2, 0.25) is 0 Å². The molecule has 1 fully saturated rings. The fourth-order valence-electron chi connectivity index (χ4n) is 1.93. The first kappa shape index (κ1) is 9.71. The van der Waals surface area contributed by atoms with Crippen molar-refractivity contribution in [1.29, 1.82) is 0 Å². The first-order chi connectivity index (χ1) is 6.50. The molecule has 0 saturated heterocycles. The van der Waals surface area contributed by atoms with Crippen LogP contribution >= 0.6 is 0 Å². The van der Waals surface area contributed by atoms with Crippen LogP contribution in [0.4, 0.5) is 0 Å². The predicted molar refractivity (Wildman–Crippen MR) is 56.9 cm³/mol. The standard InChI is InChI=1S/C11H19N3/c1-8(9-4-5-9)14-7-13-6-10(14)11(2,3)12/h6-9H,4-5,12H2,1-3H3. The third-order valence-electron chi connectivity index (χ3n) is 3.07. The molecule has 1 atom stereocenters. The van der Waals surface area contributed by atoms with Crippen molar-refractivity contribution < 1.29 is 0 Å². The van der Waals surface area contributed by atoms with E-state index in [0.29, 0.717) is 6.04 Å². The molecule has 0 radical (unpaired) electrons. The van der Waals surface area contributed by atoms with Crippen LogP contribution in [-0.4, -0.2) is 9.55 Å². The van der Waals surface area contributed by atoms with Crippen molar-refractivity contribution >= 4 is 0 Å². The molecule has 2 N–H and O–H groups in total. The maximum atomic E-state index is 6.10. The third kappa shape index (κ3) is 1.69. The van der Waals surface area contributed by atoms with Crippen molar-refractivity contribution in [2.75, 3.05) is 0 Å². The highest BCUT2D eigenvalue weighted by atomic mass is 15.1. The van der Waals surface area contributed by atoms with Gasteiger partial charge in [-0.25, -0.2) is 4.98 Å². The van der Waals surface area contributed by atoms with E-state index in [4.69, 9.17) is 5.73 Å². The van der Waals surface area contributed by atoms with Gasteiger partial charge in [0.05, 0.1) is 17.6 Å². The number of imidazole rings is 1. The highest BCUT2D eigenvalue weighted by Gasteiger charge is 2.31. The second kappa shape index (κ2) is 3.09. The van der Waals surface area contributed by atoms with Gasteiger partial charge in [0.15, 0.2) is 0 Å². The smallest absolute Gasteiger partial charge is 0.0951 e. The van der Waals surface area contributed by atoms with E-state index in [0.717, 1.165) is 11.6 Å². The van der Waals surface area contributed by atoms with Gasteiger partial charge in [0.1, 0.15) is 0 Å². The molecule has 1 heterocycles. The summed E-state index contributed by atoms with van der Waals surface area (Å²) < 4.78 is 2.23. The maximum absolute atomic E-state index is 6.10. The predicted octanol–water partition coefficient (Wildman–Crippen LogP) is 2.05. The molecule has 1 saturated carbocycles. The first-order valence-corrected chi connectivity index (χ1v) is 5.31. The van der Waals surface area contributed by atoms with Crippen LogP contribution in [-0.2, 0) is 5.54 Å². The van der Waals surface area contributed by atoms with E-state index in [2.05, 4.69) is 16.5 Å². The summed E-state index contributed by atoms with van der Waals surface area (Å²) in [7, 11) is 0. The van der Waals surface area contributed by atoms with Gasteiger partial charge < -0.3 is 10.3 Å². The zero-order valence-corrected chi connectivity index (χ0v) is 9.20. The van der Waals surface area contributed by atoms with E-state index >= 15 is 0 Å². The van der Waals surface area contributed by atoms with Crippen LogP contribution in [0.3, 0.4) is 0 Å². The highest BCUT2D eigenvalue weighted by Crippen LogP contribution is 2.40. The SMILES string of the molecule is CC(C1CC1)n1cncc1C(C)(C)N. The zero-order chi connectivity index (χ0) is 10.3. The summed E-state index contributed by atoms with van der Waals surface area (Å²) in [5.41, 5.74) is 6.94. The van der Waals surface area contributed by atoms with Crippen LogP contribution < -0.4 is 5.73 Å². The van der Waals surface area contributed by atoms with Gasteiger partial charge >= 0.3 is 0 Å². The van der Waals surface area contributed by atoms with Crippen molar-refractivity contribution in [3.05, 3.63) is 18.2 Å². The number of aromatic nitrogens is 2. The van der Waals surface area contributed by atoms with Gasteiger partial charge in [-0.05, 0) is 39.5 Å². The molecule has 1 aromatic heterocycles. The number of nitrogens with zero attached hydrogens (tertiary/aromatic N) is 2. The molecule has 0 bridgehead atoms. The quantitative estimate of drug-likeness (QED) is 0.798. The summed E-state index contributed by atoms with van der Waals surface area (Å²) in [5, 5.41) is 0. The molecule has 0 amide bonds. The number of hydrogen-bond donors (Lipinski definition) is 1. The Hall–Kier alpha value is -0.830. The lowest BCUT2D eigenvalue weighted by Gasteiger charge is -2.24. The molecule has 0 spiro atoms. The summed E-state index contributed by atoms with van der Waals surface area (Å²) in [5.74, 6) is 0.838. The third-order valence-corrected chi connectivity index (χ3v) is 3.07. The van der Waals surface area contributed by atoms with Crippen LogP contribution in [0.2, 0.25) is 0 Å². The molecular weight excluding hydrogens is 174 g/mol. The Kier molecular flexibility index (Phi) is 2.14. The average molecular weight is 193 g/mol. The van der Waals surface area contributed by atoms with Crippen molar-refractivity contribution in [2.45, 2.75) is 45.2 Å². The molecule has 1 aliphatic carbocycles. The van der Waals surface area contributed by atoms with E-state index in [1.165, 1.54) is 12.8 Å². The molecule has 2 rings (SSSR count). The maximum Gasteiger partial charge on any atom is 0.0951 e. The normalized spacial score (nSPS) is 19.7. The molecule has 0 aromatic carbocycles. The minimum absolute atomic E-state index is 0.292. The minimum Gasteiger partial charge on any atom is -0.330 e. The van der Waals surface area contributed by atoms with Crippen LogP contribution in [0.5, 0.6) is 0 Å². The first-order valence-electron chi connectivity index (χ1n) is 5.31. The lowest BCUT2D eigenvalue weighted by atomic mass is 10.0. The molecule has 3 heteroatoms. The molecule has 14 heavy (non-hydrogen) atoms. The Morgan fingerprint density at radius 3 is 2.71 bits per heavy atom. The lowest BCUT2D eigenvalue weighted by Crippen LogP contribution is -2.32. The highest BCUT2D eigenvalue weighted by molar-refractivity contribution is 5.11. The van der Waals surface area contributed by atoms with E-state index in [1.807, 2.05) is 26.4 Å².